The number of methoxy groups -OCH3 is 1. The lowest BCUT2D eigenvalue weighted by Gasteiger charge is -2.26. The first-order valence-corrected chi connectivity index (χ1v) is 8.24. The van der Waals surface area contributed by atoms with E-state index in [9.17, 15) is 9.59 Å². The van der Waals surface area contributed by atoms with E-state index in [1.165, 1.54) is 25.9 Å². The lowest BCUT2D eigenvalue weighted by molar-refractivity contribution is 0.0601. The first-order valence-electron chi connectivity index (χ1n) is 8.24. The van der Waals surface area contributed by atoms with Gasteiger partial charge in [-0.3, -0.25) is 4.79 Å². The summed E-state index contributed by atoms with van der Waals surface area (Å²) in [7, 11) is 1.33. The summed E-state index contributed by atoms with van der Waals surface area (Å²) in [6.07, 6.45) is 6.26. The molecule has 1 aliphatic heterocycles. The molecule has 0 unspecified atom stereocenters. The van der Waals surface area contributed by atoms with Crippen molar-refractivity contribution in [2.24, 2.45) is 0 Å². The number of nitrogens with zero attached hydrogens (tertiary/aromatic N) is 3. The minimum absolute atomic E-state index is 0.0405. The molecular formula is C18H20N4O3. The van der Waals surface area contributed by atoms with Gasteiger partial charge in [0, 0.05) is 25.5 Å². The normalized spacial score (nSPS) is 14.0. The van der Waals surface area contributed by atoms with Gasteiger partial charge in [0.25, 0.3) is 5.91 Å². The first kappa shape index (κ1) is 16.9. The fourth-order valence-electron chi connectivity index (χ4n) is 2.78. The van der Waals surface area contributed by atoms with E-state index in [4.69, 9.17) is 4.74 Å². The van der Waals surface area contributed by atoms with Crippen LogP contribution >= 0.6 is 0 Å². The minimum Gasteiger partial charge on any atom is -0.465 e. The maximum atomic E-state index is 12.4. The van der Waals surface area contributed by atoms with Crippen molar-refractivity contribution in [3.05, 3.63) is 47.8 Å². The summed E-state index contributed by atoms with van der Waals surface area (Å²) >= 11 is 0. The van der Waals surface area contributed by atoms with Crippen LogP contribution in [0.1, 0.15) is 40.0 Å². The average Bonchev–Trinajstić information content (AvgIpc) is 2.68. The van der Waals surface area contributed by atoms with E-state index >= 15 is 0 Å². The van der Waals surface area contributed by atoms with Crippen LogP contribution in [0.15, 0.2) is 36.7 Å². The van der Waals surface area contributed by atoms with Crippen molar-refractivity contribution in [1.82, 2.24) is 14.9 Å². The zero-order chi connectivity index (χ0) is 17.6. The largest absolute Gasteiger partial charge is 0.465 e. The van der Waals surface area contributed by atoms with Crippen molar-refractivity contribution in [2.45, 2.75) is 19.3 Å². The molecule has 130 valence electrons. The second-order valence-corrected chi connectivity index (χ2v) is 5.81. The molecule has 0 bridgehead atoms. The number of benzene rings is 1. The number of amides is 1. The van der Waals surface area contributed by atoms with Crippen LogP contribution in [0, 0.1) is 0 Å². The number of carbonyl (C=O) groups is 2. The molecule has 25 heavy (non-hydrogen) atoms. The van der Waals surface area contributed by atoms with Gasteiger partial charge in [-0.15, -0.1) is 0 Å². The number of anilines is 2. The van der Waals surface area contributed by atoms with Gasteiger partial charge < -0.3 is 15.0 Å². The van der Waals surface area contributed by atoms with E-state index in [0.717, 1.165) is 25.9 Å². The average molecular weight is 340 g/mol. The zero-order valence-electron chi connectivity index (χ0n) is 14.1. The number of para-hydroxylation sites is 1. The van der Waals surface area contributed by atoms with Crippen molar-refractivity contribution >= 4 is 23.5 Å². The number of piperidine rings is 1. The van der Waals surface area contributed by atoms with E-state index < -0.39 is 5.97 Å². The van der Waals surface area contributed by atoms with Crippen LogP contribution in [-0.4, -0.2) is 46.9 Å². The summed E-state index contributed by atoms with van der Waals surface area (Å²) in [6, 6.07) is 6.94. The summed E-state index contributed by atoms with van der Waals surface area (Å²) in [5.41, 5.74) is 1.40. The highest BCUT2D eigenvalue weighted by Crippen LogP contribution is 2.19. The number of nitrogens with one attached hydrogen (secondary N) is 1. The smallest absolute Gasteiger partial charge is 0.339 e. The summed E-state index contributed by atoms with van der Waals surface area (Å²) in [6.45, 7) is 1.57. The molecule has 0 spiro atoms. The van der Waals surface area contributed by atoms with Crippen molar-refractivity contribution < 1.29 is 14.3 Å². The van der Waals surface area contributed by atoms with Crippen molar-refractivity contribution in [3.8, 4) is 0 Å². The first-order chi connectivity index (χ1) is 12.2. The molecule has 1 aromatic heterocycles. The maximum absolute atomic E-state index is 12.4. The fourth-order valence-corrected chi connectivity index (χ4v) is 2.78. The van der Waals surface area contributed by atoms with Crippen LogP contribution < -0.4 is 5.32 Å². The summed E-state index contributed by atoms with van der Waals surface area (Å²) in [5.74, 6) is -0.173. The Labute approximate surface area is 146 Å². The molecular weight excluding hydrogens is 320 g/mol. The van der Waals surface area contributed by atoms with Crippen LogP contribution in [0.2, 0.25) is 0 Å². The predicted molar refractivity (Wildman–Crippen MR) is 92.9 cm³/mol. The second kappa shape index (κ2) is 7.74. The molecule has 7 heteroatoms. The quantitative estimate of drug-likeness (QED) is 0.861. The van der Waals surface area contributed by atoms with E-state index in [1.54, 1.807) is 24.3 Å². The van der Waals surface area contributed by atoms with Gasteiger partial charge in [-0.2, -0.15) is 0 Å². The number of carbonyl (C=O) groups excluding carboxylic acids is 2. The molecule has 1 aliphatic rings. The Balaban J connectivity index is 1.73. The summed E-state index contributed by atoms with van der Waals surface area (Å²) in [4.78, 5) is 34.4. The summed E-state index contributed by atoms with van der Waals surface area (Å²) < 4.78 is 4.76. The molecule has 2 aromatic rings. The van der Waals surface area contributed by atoms with E-state index in [1.807, 2.05) is 4.90 Å². The van der Waals surface area contributed by atoms with Gasteiger partial charge in [0.05, 0.1) is 23.9 Å². The van der Waals surface area contributed by atoms with E-state index in [0.29, 0.717) is 22.8 Å². The van der Waals surface area contributed by atoms with Crippen LogP contribution in [-0.2, 0) is 4.74 Å². The molecule has 2 heterocycles. The van der Waals surface area contributed by atoms with Gasteiger partial charge in [-0.1, -0.05) is 12.1 Å². The van der Waals surface area contributed by atoms with Crippen LogP contribution in [0.4, 0.5) is 11.6 Å². The molecule has 0 saturated carbocycles. The fraction of sp³-hybridized carbons (Fsp3) is 0.333. The molecule has 0 atom stereocenters. The molecule has 0 radical (unpaired) electrons. The van der Waals surface area contributed by atoms with Gasteiger partial charge in [-0.05, 0) is 31.4 Å². The van der Waals surface area contributed by atoms with Crippen LogP contribution in [0.5, 0.6) is 0 Å². The van der Waals surface area contributed by atoms with Gasteiger partial charge in [-0.25, -0.2) is 14.8 Å². The van der Waals surface area contributed by atoms with E-state index in [-0.39, 0.29) is 5.91 Å². The Morgan fingerprint density at radius 2 is 1.76 bits per heavy atom. The van der Waals surface area contributed by atoms with Crippen LogP contribution in [0.25, 0.3) is 0 Å². The molecule has 1 amide bonds. The van der Waals surface area contributed by atoms with Gasteiger partial charge in [0.15, 0.2) is 0 Å². The lowest BCUT2D eigenvalue weighted by atomic mass is 10.1. The molecule has 0 aliphatic carbocycles. The topological polar surface area (TPSA) is 84.4 Å². The molecule has 1 N–H and O–H groups in total. The minimum atomic E-state index is -0.444. The van der Waals surface area contributed by atoms with Gasteiger partial charge >= 0.3 is 5.97 Å². The monoisotopic (exact) mass is 340 g/mol. The Morgan fingerprint density at radius 1 is 1.08 bits per heavy atom. The molecule has 1 aromatic carbocycles. The number of hydrogen-bond donors (Lipinski definition) is 1. The lowest BCUT2D eigenvalue weighted by Crippen LogP contribution is -2.35. The third kappa shape index (κ3) is 3.93. The number of esters is 1. The van der Waals surface area contributed by atoms with Gasteiger partial charge in [0.2, 0.25) is 5.95 Å². The number of aromatic nitrogens is 2. The molecule has 1 fully saturated rings. The number of hydrogen-bond acceptors (Lipinski definition) is 6. The predicted octanol–water partition coefficient (Wildman–Crippen LogP) is 2.63. The highest BCUT2D eigenvalue weighted by Gasteiger charge is 2.19. The van der Waals surface area contributed by atoms with Gasteiger partial charge in [0.1, 0.15) is 0 Å². The zero-order valence-corrected chi connectivity index (χ0v) is 14.1. The van der Waals surface area contributed by atoms with Crippen LogP contribution in [0.3, 0.4) is 0 Å². The third-order valence-electron chi connectivity index (χ3n) is 4.12. The molecule has 1 saturated heterocycles. The highest BCUT2D eigenvalue weighted by molar-refractivity contribution is 5.96. The summed E-state index contributed by atoms with van der Waals surface area (Å²) in [5, 5.41) is 2.99. The van der Waals surface area contributed by atoms with E-state index in [2.05, 4.69) is 15.3 Å². The Bertz CT molecular complexity index is 755. The maximum Gasteiger partial charge on any atom is 0.339 e. The number of likely N-dealkylation sites (tertiary alicyclic amines) is 1. The van der Waals surface area contributed by atoms with Crippen molar-refractivity contribution in [2.75, 3.05) is 25.5 Å². The SMILES string of the molecule is COC(=O)c1ccccc1Nc1ncc(C(=O)N2CCCCC2)cn1. The second-order valence-electron chi connectivity index (χ2n) is 5.81. The Morgan fingerprint density at radius 3 is 2.44 bits per heavy atom. The Kier molecular flexibility index (Phi) is 5.23. The van der Waals surface area contributed by atoms with Crippen molar-refractivity contribution in [1.29, 1.82) is 0 Å². The number of rotatable bonds is 4. The van der Waals surface area contributed by atoms with Crippen molar-refractivity contribution in [3.63, 3.8) is 0 Å². The highest BCUT2D eigenvalue weighted by atomic mass is 16.5. The number of ether oxygens (including phenoxy) is 1. The standard InChI is InChI=1S/C18H20N4O3/c1-25-17(24)14-7-3-4-8-15(14)21-18-19-11-13(12-20-18)16(23)22-9-5-2-6-10-22/h3-4,7-8,11-12H,2,5-6,9-10H2,1H3,(H,19,20,21). The molecule has 3 rings (SSSR count). The third-order valence-corrected chi connectivity index (χ3v) is 4.12. The Hall–Kier alpha value is -2.96. The molecule has 7 nitrogen and oxygen atoms in total.